The van der Waals surface area contributed by atoms with Crippen LogP contribution in [0.25, 0.3) is 11.0 Å². The summed E-state index contributed by atoms with van der Waals surface area (Å²) in [6, 6.07) is 6.29. The first-order valence-electron chi connectivity index (χ1n) is 10.4. The van der Waals surface area contributed by atoms with Gasteiger partial charge in [0.2, 0.25) is 0 Å². The molecule has 168 valence electrons. The summed E-state index contributed by atoms with van der Waals surface area (Å²) >= 11 is 1.87. The molecule has 29 heavy (non-hydrogen) atoms. The monoisotopic (exact) mass is 464 g/mol. The van der Waals surface area contributed by atoms with Gasteiger partial charge in [0.25, 0.3) is 0 Å². The predicted molar refractivity (Wildman–Crippen MR) is 132 cm³/mol. The van der Waals surface area contributed by atoms with E-state index in [1.165, 1.54) is 5.52 Å². The van der Waals surface area contributed by atoms with Crippen molar-refractivity contribution < 1.29 is 4.74 Å². The smallest absolute Gasteiger partial charge is 0.169 e. The minimum absolute atomic E-state index is 0. The molecule has 2 aromatic rings. The zero-order chi connectivity index (χ0) is 19.6. The van der Waals surface area contributed by atoms with Crippen molar-refractivity contribution in [1.82, 2.24) is 19.4 Å². The number of ether oxygens (including phenoxy) is 1. The van der Waals surface area contributed by atoms with Crippen LogP contribution < -0.4 is 4.74 Å². The number of likely N-dealkylation sites (N-methyl/N-ethyl adjacent to an activating group) is 1. The van der Waals surface area contributed by atoms with Gasteiger partial charge < -0.3 is 19.1 Å². The van der Waals surface area contributed by atoms with E-state index in [1.807, 2.05) is 18.7 Å². The zero-order valence-electron chi connectivity index (χ0n) is 18.5. The second-order valence-corrected chi connectivity index (χ2v) is 7.59. The van der Waals surface area contributed by atoms with Gasteiger partial charge in [-0.2, -0.15) is 0 Å². The van der Waals surface area contributed by atoms with Gasteiger partial charge >= 0.3 is 0 Å². The molecule has 0 spiro atoms. The molecule has 0 saturated carbocycles. The molecule has 0 aliphatic carbocycles. The van der Waals surface area contributed by atoms with Gasteiger partial charge in [0, 0.05) is 31.5 Å². The van der Waals surface area contributed by atoms with Gasteiger partial charge in [0.1, 0.15) is 5.75 Å². The Bertz CT molecular complexity index is 691. The van der Waals surface area contributed by atoms with Gasteiger partial charge in [-0.15, -0.1) is 24.8 Å². The number of nitrogens with zero attached hydrogens (tertiary/aromatic N) is 4. The molecule has 8 heteroatoms. The minimum atomic E-state index is 0. The predicted octanol–water partition coefficient (Wildman–Crippen LogP) is 5.05. The average molecular weight is 466 g/mol. The van der Waals surface area contributed by atoms with Gasteiger partial charge in [0.05, 0.1) is 17.6 Å². The van der Waals surface area contributed by atoms with Crippen molar-refractivity contribution in [2.24, 2.45) is 0 Å². The number of hydrogen-bond donors (Lipinski definition) is 0. The van der Waals surface area contributed by atoms with E-state index in [2.05, 4.69) is 60.3 Å². The molecule has 1 heterocycles. The molecule has 0 saturated heterocycles. The summed E-state index contributed by atoms with van der Waals surface area (Å²) in [5.41, 5.74) is 2.24. The lowest BCUT2D eigenvalue weighted by Gasteiger charge is -2.20. The Hall–Kier alpha value is -0.660. The van der Waals surface area contributed by atoms with Gasteiger partial charge in [-0.05, 0) is 45.2 Å². The molecule has 0 amide bonds. The lowest BCUT2D eigenvalue weighted by Crippen LogP contribution is -2.27. The van der Waals surface area contributed by atoms with Crippen molar-refractivity contribution in [1.29, 1.82) is 0 Å². The third kappa shape index (κ3) is 8.18. The molecule has 0 aliphatic rings. The maximum atomic E-state index is 5.67. The Morgan fingerprint density at radius 2 is 1.55 bits per heavy atom. The molecular formula is C21H38Cl2N4OS. The lowest BCUT2D eigenvalue weighted by atomic mass is 10.3. The number of rotatable bonds is 13. The molecule has 0 N–H and O–H groups in total. The van der Waals surface area contributed by atoms with Crippen LogP contribution in [0.15, 0.2) is 23.4 Å². The molecule has 5 nitrogen and oxygen atoms in total. The van der Waals surface area contributed by atoms with E-state index >= 15 is 0 Å². The molecule has 0 fully saturated rings. The molecule has 0 radical (unpaired) electrons. The van der Waals surface area contributed by atoms with Crippen molar-refractivity contribution in [3.05, 3.63) is 18.2 Å². The second kappa shape index (κ2) is 15.2. The van der Waals surface area contributed by atoms with Crippen LogP contribution in [0.4, 0.5) is 0 Å². The topological polar surface area (TPSA) is 33.5 Å². The standard InChI is InChI=1S/C21H36N4OS.2ClH/c1-6-23(7-2)13-14-25-20-12-11-18(26-10-5)17-19(20)22-21(25)27-16-15-24(8-3)9-4;;/h11-12,17H,6-10,13-16H2,1-5H3;2*1H. The minimum Gasteiger partial charge on any atom is -0.494 e. The van der Waals surface area contributed by atoms with Crippen LogP contribution in [-0.2, 0) is 6.54 Å². The van der Waals surface area contributed by atoms with E-state index in [9.17, 15) is 0 Å². The third-order valence-electron chi connectivity index (χ3n) is 5.06. The van der Waals surface area contributed by atoms with Crippen molar-refractivity contribution in [3.63, 3.8) is 0 Å². The number of halogens is 2. The average Bonchev–Trinajstić information content (AvgIpc) is 3.03. The van der Waals surface area contributed by atoms with Gasteiger partial charge in [0.15, 0.2) is 5.16 Å². The Kier molecular flexibility index (Phi) is 14.8. The van der Waals surface area contributed by atoms with Crippen molar-refractivity contribution in [3.8, 4) is 5.75 Å². The number of thioether (sulfide) groups is 1. The van der Waals surface area contributed by atoms with Crippen LogP contribution in [-0.4, -0.2) is 71.0 Å². The summed E-state index contributed by atoms with van der Waals surface area (Å²) in [5, 5.41) is 1.12. The summed E-state index contributed by atoms with van der Waals surface area (Å²) in [7, 11) is 0. The Morgan fingerprint density at radius 1 is 0.931 bits per heavy atom. The summed E-state index contributed by atoms with van der Waals surface area (Å²) < 4.78 is 8.05. The highest BCUT2D eigenvalue weighted by Crippen LogP contribution is 2.27. The van der Waals surface area contributed by atoms with E-state index in [-0.39, 0.29) is 24.8 Å². The summed E-state index contributed by atoms with van der Waals surface area (Å²) in [6.07, 6.45) is 0. The van der Waals surface area contributed by atoms with E-state index < -0.39 is 0 Å². The summed E-state index contributed by atoms with van der Waals surface area (Å²) in [5.74, 6) is 1.97. The van der Waals surface area contributed by atoms with Crippen LogP contribution in [0.5, 0.6) is 5.75 Å². The fourth-order valence-corrected chi connectivity index (χ4v) is 4.30. The van der Waals surface area contributed by atoms with Crippen LogP contribution in [0.2, 0.25) is 0 Å². The molecule has 0 unspecified atom stereocenters. The van der Waals surface area contributed by atoms with Crippen LogP contribution >= 0.6 is 36.6 Å². The summed E-state index contributed by atoms with van der Waals surface area (Å²) in [6.45, 7) is 19.1. The fourth-order valence-electron chi connectivity index (χ4n) is 3.26. The number of benzene rings is 1. The highest BCUT2D eigenvalue weighted by molar-refractivity contribution is 7.99. The van der Waals surface area contributed by atoms with E-state index in [4.69, 9.17) is 9.72 Å². The Labute approximate surface area is 193 Å². The molecule has 0 bridgehead atoms. The van der Waals surface area contributed by atoms with E-state index in [1.54, 1.807) is 0 Å². The maximum absolute atomic E-state index is 5.67. The molecule has 0 aliphatic heterocycles. The van der Waals surface area contributed by atoms with Gasteiger partial charge in [-0.25, -0.2) is 4.98 Å². The van der Waals surface area contributed by atoms with E-state index in [0.29, 0.717) is 6.61 Å². The Morgan fingerprint density at radius 3 is 2.14 bits per heavy atom. The van der Waals surface area contributed by atoms with Crippen LogP contribution in [0, 0.1) is 0 Å². The van der Waals surface area contributed by atoms with Gasteiger partial charge in [-0.3, -0.25) is 0 Å². The van der Waals surface area contributed by atoms with Crippen molar-refractivity contribution in [2.75, 3.05) is 51.6 Å². The summed E-state index contributed by atoms with van der Waals surface area (Å²) in [4.78, 5) is 9.87. The molecule has 1 aromatic carbocycles. The number of imidazole rings is 1. The highest BCUT2D eigenvalue weighted by atomic mass is 35.5. The molecule has 0 atom stereocenters. The van der Waals surface area contributed by atoms with Crippen molar-refractivity contribution in [2.45, 2.75) is 46.3 Å². The van der Waals surface area contributed by atoms with Gasteiger partial charge in [-0.1, -0.05) is 39.5 Å². The van der Waals surface area contributed by atoms with Crippen LogP contribution in [0.1, 0.15) is 34.6 Å². The lowest BCUT2D eigenvalue weighted by molar-refractivity contribution is 0.288. The maximum Gasteiger partial charge on any atom is 0.169 e. The quantitative estimate of drug-likeness (QED) is 0.387. The fraction of sp³-hybridized carbons (Fsp3) is 0.667. The Balaban J connectivity index is 0.00000392. The van der Waals surface area contributed by atoms with Crippen LogP contribution in [0.3, 0.4) is 0 Å². The molecular weight excluding hydrogens is 427 g/mol. The first kappa shape index (κ1) is 28.3. The highest BCUT2D eigenvalue weighted by Gasteiger charge is 2.13. The normalized spacial score (nSPS) is 11.0. The zero-order valence-corrected chi connectivity index (χ0v) is 21.0. The number of fused-ring (bicyclic) bond motifs is 1. The number of hydrogen-bond acceptors (Lipinski definition) is 5. The third-order valence-corrected chi connectivity index (χ3v) is 6.02. The SMILES string of the molecule is CCOc1ccc2c(c1)nc(SCCN(CC)CC)n2CCN(CC)CC.Cl.Cl. The van der Waals surface area contributed by atoms with E-state index in [0.717, 1.165) is 68.0 Å². The first-order chi connectivity index (χ1) is 13.2. The molecule has 2 rings (SSSR count). The van der Waals surface area contributed by atoms with Crippen molar-refractivity contribution >= 4 is 47.6 Å². The first-order valence-corrected chi connectivity index (χ1v) is 11.4. The largest absolute Gasteiger partial charge is 0.494 e. The molecule has 1 aromatic heterocycles. The second-order valence-electron chi connectivity index (χ2n) is 6.53. The number of aromatic nitrogens is 2.